The van der Waals surface area contributed by atoms with Crippen molar-refractivity contribution in [2.45, 2.75) is 39.5 Å². The van der Waals surface area contributed by atoms with Crippen LogP contribution < -0.4 is 4.74 Å². The summed E-state index contributed by atoms with van der Waals surface area (Å²) in [6.45, 7) is 8.12. The summed E-state index contributed by atoms with van der Waals surface area (Å²) in [4.78, 5) is 7.76. The van der Waals surface area contributed by atoms with E-state index in [2.05, 4.69) is 40.6 Å². The summed E-state index contributed by atoms with van der Waals surface area (Å²) in [6.07, 6.45) is -4.97. The van der Waals surface area contributed by atoms with Gasteiger partial charge in [-0.3, -0.25) is 4.68 Å². The van der Waals surface area contributed by atoms with Gasteiger partial charge in [0.15, 0.2) is 5.82 Å². The van der Waals surface area contributed by atoms with Crippen LogP contribution in [0, 0.1) is 12.7 Å². The molecule has 33 heavy (non-hydrogen) atoms. The van der Waals surface area contributed by atoms with Gasteiger partial charge >= 0.3 is 6.36 Å². The second-order valence-electron chi connectivity index (χ2n) is 8.79. The lowest BCUT2D eigenvalue weighted by Crippen LogP contribution is -2.17. The lowest BCUT2D eigenvalue weighted by Gasteiger charge is -2.16. The number of nitrogens with one attached hydrogen (secondary N) is 1. The van der Waals surface area contributed by atoms with Crippen LogP contribution in [0.3, 0.4) is 0 Å². The molecule has 4 rings (SSSR count). The molecular formula is C23H21ClF4N4O. The molecule has 0 spiro atoms. The summed E-state index contributed by atoms with van der Waals surface area (Å²) < 4.78 is 58.9. The number of alkyl halides is 3. The predicted octanol–water partition coefficient (Wildman–Crippen LogP) is 6.93. The molecule has 2 heterocycles. The van der Waals surface area contributed by atoms with Gasteiger partial charge in [0.1, 0.15) is 17.3 Å². The number of imidazole rings is 1. The Labute approximate surface area is 192 Å². The fraction of sp³-hybridized carbons (Fsp3) is 0.304. The quantitative estimate of drug-likeness (QED) is 0.323. The van der Waals surface area contributed by atoms with E-state index >= 15 is 0 Å². The molecule has 0 aliphatic rings. The van der Waals surface area contributed by atoms with Gasteiger partial charge in [0.2, 0.25) is 0 Å². The minimum Gasteiger partial charge on any atom is -0.405 e. The molecular weight excluding hydrogens is 460 g/mol. The van der Waals surface area contributed by atoms with Crippen LogP contribution in [0.15, 0.2) is 30.3 Å². The van der Waals surface area contributed by atoms with Crippen molar-refractivity contribution in [2.24, 2.45) is 7.05 Å². The van der Waals surface area contributed by atoms with Gasteiger partial charge in [-0.15, -0.1) is 13.2 Å². The van der Waals surface area contributed by atoms with Crippen LogP contribution in [0.4, 0.5) is 17.6 Å². The number of H-pyrrole nitrogens is 1. The first-order chi connectivity index (χ1) is 15.3. The minimum absolute atomic E-state index is 0.111. The number of aryl methyl sites for hydroxylation is 1. The molecule has 10 heteroatoms. The smallest absolute Gasteiger partial charge is 0.405 e. The van der Waals surface area contributed by atoms with E-state index < -0.39 is 17.9 Å². The minimum atomic E-state index is -4.97. The highest BCUT2D eigenvalue weighted by molar-refractivity contribution is 6.35. The van der Waals surface area contributed by atoms with E-state index in [-0.39, 0.29) is 21.6 Å². The van der Waals surface area contributed by atoms with Crippen molar-refractivity contribution in [3.8, 4) is 28.4 Å². The molecule has 0 amide bonds. The number of hydrogen-bond acceptors (Lipinski definition) is 3. The second-order valence-corrected chi connectivity index (χ2v) is 9.20. The molecule has 0 unspecified atom stereocenters. The van der Waals surface area contributed by atoms with Gasteiger partial charge in [-0.25, -0.2) is 9.37 Å². The molecule has 0 radical (unpaired) electrons. The number of aromatic amines is 1. The zero-order valence-corrected chi connectivity index (χ0v) is 19.3. The summed E-state index contributed by atoms with van der Waals surface area (Å²) in [5, 5.41) is 4.80. The number of hydrogen-bond donors (Lipinski definition) is 1. The van der Waals surface area contributed by atoms with Crippen molar-refractivity contribution in [1.29, 1.82) is 0 Å². The van der Waals surface area contributed by atoms with E-state index in [1.165, 1.54) is 12.1 Å². The van der Waals surface area contributed by atoms with Gasteiger partial charge in [-0.05, 0) is 36.8 Å². The number of fused-ring (bicyclic) bond motifs is 1. The highest BCUT2D eigenvalue weighted by Crippen LogP contribution is 2.40. The summed E-state index contributed by atoms with van der Waals surface area (Å²) in [5.41, 5.74) is 3.02. The first-order valence-electron chi connectivity index (χ1n) is 10.0. The van der Waals surface area contributed by atoms with Crippen LogP contribution in [0.5, 0.6) is 5.75 Å². The topological polar surface area (TPSA) is 55.7 Å². The summed E-state index contributed by atoms with van der Waals surface area (Å²) in [5.74, 6) is -1.04. The summed E-state index contributed by atoms with van der Waals surface area (Å²) >= 11 is 6.43. The zero-order valence-electron chi connectivity index (χ0n) is 18.5. The molecule has 2 aromatic carbocycles. The van der Waals surface area contributed by atoms with E-state index in [1.54, 1.807) is 11.7 Å². The highest BCUT2D eigenvalue weighted by Gasteiger charge is 2.33. The van der Waals surface area contributed by atoms with Crippen molar-refractivity contribution < 1.29 is 22.3 Å². The number of benzene rings is 2. The lowest BCUT2D eigenvalue weighted by atomic mass is 9.89. The van der Waals surface area contributed by atoms with Crippen LogP contribution in [0.25, 0.3) is 33.7 Å². The number of halogens is 5. The standard InChI is InChI=1S/C23H21ClF4N4O/c1-11-19(32(5)31-20(11)22(2,3)4)21-29-15-10-12(9-13(24)18(15)30-21)17-14(25)7-6-8-16(17)33-23(26,27)28/h6-10H,1-5H3,(H,29,30). The third-order valence-electron chi connectivity index (χ3n) is 5.25. The summed E-state index contributed by atoms with van der Waals surface area (Å²) in [7, 11) is 1.80. The molecule has 0 bridgehead atoms. The van der Waals surface area contributed by atoms with E-state index in [0.29, 0.717) is 16.9 Å². The van der Waals surface area contributed by atoms with E-state index in [9.17, 15) is 17.6 Å². The lowest BCUT2D eigenvalue weighted by molar-refractivity contribution is -0.274. The second kappa shape index (κ2) is 7.76. The molecule has 0 aliphatic heterocycles. The maximum Gasteiger partial charge on any atom is 0.573 e. The zero-order chi connectivity index (χ0) is 24.3. The van der Waals surface area contributed by atoms with Gasteiger partial charge in [-0.1, -0.05) is 38.4 Å². The Balaban J connectivity index is 1.88. The predicted molar refractivity (Wildman–Crippen MR) is 119 cm³/mol. The maximum atomic E-state index is 14.6. The molecule has 4 aromatic rings. The van der Waals surface area contributed by atoms with Crippen molar-refractivity contribution in [3.05, 3.63) is 52.4 Å². The average Bonchev–Trinajstić information content (AvgIpc) is 3.20. The summed E-state index contributed by atoms with van der Waals surface area (Å²) in [6, 6.07) is 6.10. The number of nitrogens with zero attached hydrogens (tertiary/aromatic N) is 3. The average molecular weight is 481 g/mol. The Morgan fingerprint density at radius 3 is 2.42 bits per heavy atom. The van der Waals surface area contributed by atoms with Crippen LogP contribution in [0.1, 0.15) is 32.0 Å². The molecule has 0 atom stereocenters. The first kappa shape index (κ1) is 23.1. The molecule has 0 saturated heterocycles. The largest absolute Gasteiger partial charge is 0.573 e. The van der Waals surface area contributed by atoms with Crippen LogP contribution in [-0.4, -0.2) is 26.1 Å². The van der Waals surface area contributed by atoms with E-state index in [1.807, 2.05) is 6.92 Å². The maximum absolute atomic E-state index is 14.6. The Bertz CT molecular complexity index is 1370. The molecule has 0 saturated carbocycles. The number of aromatic nitrogens is 4. The van der Waals surface area contributed by atoms with Gasteiger partial charge in [0, 0.05) is 18.0 Å². The normalized spacial score (nSPS) is 12.5. The fourth-order valence-electron chi connectivity index (χ4n) is 3.99. The van der Waals surface area contributed by atoms with Crippen LogP contribution >= 0.6 is 11.6 Å². The van der Waals surface area contributed by atoms with Crippen molar-refractivity contribution >= 4 is 22.6 Å². The Morgan fingerprint density at radius 2 is 1.82 bits per heavy atom. The van der Waals surface area contributed by atoms with Crippen molar-refractivity contribution in [1.82, 2.24) is 19.7 Å². The third-order valence-corrected chi connectivity index (χ3v) is 5.55. The monoisotopic (exact) mass is 480 g/mol. The SMILES string of the molecule is Cc1c(C(C)(C)C)nn(C)c1-c1nc2cc(-c3c(F)cccc3OC(F)(F)F)cc(Cl)c2[nH]1. The third kappa shape index (κ3) is 4.29. The van der Waals surface area contributed by atoms with E-state index in [0.717, 1.165) is 35.2 Å². The Morgan fingerprint density at radius 1 is 1.12 bits per heavy atom. The van der Waals surface area contributed by atoms with E-state index in [4.69, 9.17) is 11.6 Å². The highest BCUT2D eigenvalue weighted by atomic mass is 35.5. The molecule has 2 aromatic heterocycles. The van der Waals surface area contributed by atoms with Crippen molar-refractivity contribution in [2.75, 3.05) is 0 Å². The molecule has 0 fully saturated rings. The van der Waals surface area contributed by atoms with Crippen molar-refractivity contribution in [3.63, 3.8) is 0 Å². The fourth-order valence-corrected chi connectivity index (χ4v) is 4.26. The first-order valence-corrected chi connectivity index (χ1v) is 10.4. The van der Waals surface area contributed by atoms with Gasteiger partial charge in [0.05, 0.1) is 27.3 Å². The van der Waals surface area contributed by atoms with Gasteiger partial charge in [0.25, 0.3) is 0 Å². The van der Waals surface area contributed by atoms with Gasteiger partial charge < -0.3 is 9.72 Å². The Hall–Kier alpha value is -3.07. The molecule has 174 valence electrons. The van der Waals surface area contributed by atoms with Gasteiger partial charge in [-0.2, -0.15) is 5.10 Å². The van der Waals surface area contributed by atoms with Crippen LogP contribution in [-0.2, 0) is 12.5 Å². The molecule has 5 nitrogen and oxygen atoms in total. The molecule has 0 aliphatic carbocycles. The Kier molecular flexibility index (Phi) is 5.43. The number of rotatable bonds is 3. The molecule has 1 N–H and O–H groups in total. The van der Waals surface area contributed by atoms with Crippen LogP contribution in [0.2, 0.25) is 5.02 Å². The number of ether oxygens (including phenoxy) is 1.